The standard InChI is InChI=1S/C40H55N11O8/c1-4-5-10-31-47-35-36(51(31)20-22-57-21-17-43-39(55)50-18-15-42-16-19-50)29-8-6-7-9-30(29)46-37(35)49-40(56)58-24-27-11-13-28(14-12-27)45-32(52)23-44-38(54)34(26(2)3)48-33(53)25-59-41/h6-9,11-14,26,34,42H,4-5,10,15-25,41H2,1-3H3,(H,43,55)(H,44,54)(H,45,52)(H,48,53)(H,46,49,56). The van der Waals surface area contributed by atoms with Gasteiger partial charge in [0.05, 0.1) is 30.8 Å². The quantitative estimate of drug-likeness (QED) is 0.0502. The van der Waals surface area contributed by atoms with Crippen molar-refractivity contribution in [2.45, 2.75) is 59.2 Å². The van der Waals surface area contributed by atoms with Crippen molar-refractivity contribution in [2.75, 3.05) is 69.7 Å². The molecule has 1 saturated heterocycles. The fraction of sp³-hybridized carbons (Fsp3) is 0.475. The molecule has 0 bridgehead atoms. The maximum Gasteiger partial charge on any atom is 0.413 e. The molecule has 2 aromatic heterocycles. The van der Waals surface area contributed by atoms with Crippen LogP contribution in [0.15, 0.2) is 48.5 Å². The topological polar surface area (TPSA) is 245 Å². The smallest absolute Gasteiger partial charge is 0.413 e. The number of urea groups is 1. The molecule has 1 aliphatic heterocycles. The number of aromatic nitrogens is 3. The highest BCUT2D eigenvalue weighted by atomic mass is 16.6. The third-order valence-corrected chi connectivity index (χ3v) is 9.53. The number of ether oxygens (including phenoxy) is 2. The Morgan fingerprint density at radius 1 is 0.932 bits per heavy atom. The van der Waals surface area contributed by atoms with Gasteiger partial charge in [-0.1, -0.05) is 57.5 Å². The van der Waals surface area contributed by atoms with Crippen molar-refractivity contribution in [3.63, 3.8) is 0 Å². The number of carbonyl (C=O) groups excluding carboxylic acids is 5. The summed E-state index contributed by atoms with van der Waals surface area (Å²) in [5, 5.41) is 17.6. The van der Waals surface area contributed by atoms with E-state index in [2.05, 4.69) is 48.2 Å². The first kappa shape index (κ1) is 44.2. The molecule has 0 radical (unpaired) electrons. The van der Waals surface area contributed by atoms with E-state index >= 15 is 0 Å². The number of anilines is 2. The van der Waals surface area contributed by atoms with E-state index < -0.39 is 36.5 Å². The van der Waals surface area contributed by atoms with Gasteiger partial charge in [0.1, 0.15) is 30.6 Å². The maximum atomic E-state index is 13.2. The molecule has 19 nitrogen and oxygen atoms in total. The summed E-state index contributed by atoms with van der Waals surface area (Å²) < 4.78 is 13.6. The number of nitrogens with one attached hydrogen (secondary N) is 6. The van der Waals surface area contributed by atoms with E-state index in [0.717, 1.165) is 49.1 Å². The maximum absolute atomic E-state index is 13.2. The van der Waals surface area contributed by atoms with Gasteiger partial charge in [0.25, 0.3) is 0 Å². The van der Waals surface area contributed by atoms with Crippen LogP contribution in [0.1, 0.15) is 45.0 Å². The number of hydrogen-bond donors (Lipinski definition) is 7. The molecular formula is C40H55N11O8. The van der Waals surface area contributed by atoms with Crippen molar-refractivity contribution < 1.29 is 38.3 Å². The van der Waals surface area contributed by atoms with Crippen LogP contribution in [-0.4, -0.2) is 114 Å². The number of unbranched alkanes of at least 4 members (excludes halogenated alkanes) is 1. The molecule has 3 heterocycles. The van der Waals surface area contributed by atoms with Crippen molar-refractivity contribution >= 4 is 63.3 Å². The zero-order chi connectivity index (χ0) is 42.1. The van der Waals surface area contributed by atoms with Crippen molar-refractivity contribution in [3.8, 4) is 0 Å². The lowest BCUT2D eigenvalue weighted by atomic mass is 10.0. The van der Waals surface area contributed by atoms with Gasteiger partial charge in [0, 0.05) is 56.8 Å². The van der Waals surface area contributed by atoms with E-state index in [1.165, 1.54) is 0 Å². The van der Waals surface area contributed by atoms with Crippen LogP contribution in [0.2, 0.25) is 0 Å². The number of piperazine rings is 1. The minimum Gasteiger partial charge on any atom is -0.444 e. The summed E-state index contributed by atoms with van der Waals surface area (Å²) in [6, 6.07) is 13.4. The number of para-hydroxylation sites is 1. The number of pyridine rings is 1. The molecule has 0 spiro atoms. The monoisotopic (exact) mass is 817 g/mol. The van der Waals surface area contributed by atoms with Crippen LogP contribution in [0.5, 0.6) is 0 Å². The number of aryl methyl sites for hydroxylation is 1. The summed E-state index contributed by atoms with van der Waals surface area (Å²) in [5.41, 5.74) is 3.17. The van der Waals surface area contributed by atoms with Gasteiger partial charge >= 0.3 is 12.1 Å². The van der Waals surface area contributed by atoms with Crippen LogP contribution in [0, 0.1) is 5.92 Å². The summed E-state index contributed by atoms with van der Waals surface area (Å²) in [5.74, 6) is 4.24. The lowest BCUT2D eigenvalue weighted by Gasteiger charge is -2.27. The van der Waals surface area contributed by atoms with Crippen molar-refractivity contribution in [1.82, 2.24) is 40.7 Å². The molecule has 1 unspecified atom stereocenters. The number of hydrogen-bond acceptors (Lipinski definition) is 12. The fourth-order valence-electron chi connectivity index (χ4n) is 6.48. The third-order valence-electron chi connectivity index (χ3n) is 9.53. The van der Waals surface area contributed by atoms with E-state index in [-0.39, 0.29) is 30.9 Å². The third kappa shape index (κ3) is 12.8. The average molecular weight is 818 g/mol. The molecule has 1 atom stereocenters. The second kappa shape index (κ2) is 22.3. The summed E-state index contributed by atoms with van der Waals surface area (Å²) in [4.78, 5) is 78.4. The number of benzene rings is 2. The van der Waals surface area contributed by atoms with Crippen molar-refractivity contribution in [1.29, 1.82) is 0 Å². The Bertz CT molecular complexity index is 2050. The summed E-state index contributed by atoms with van der Waals surface area (Å²) >= 11 is 0. The molecule has 6 amide bonds. The number of fused-ring (bicyclic) bond motifs is 3. The first-order valence-electron chi connectivity index (χ1n) is 19.9. The van der Waals surface area contributed by atoms with E-state index in [1.54, 1.807) is 43.0 Å². The predicted molar refractivity (Wildman–Crippen MR) is 221 cm³/mol. The predicted octanol–water partition coefficient (Wildman–Crippen LogP) is 2.39. The number of rotatable bonds is 20. The molecule has 0 aliphatic carbocycles. The summed E-state index contributed by atoms with van der Waals surface area (Å²) in [6.07, 6.45) is 1.90. The second-order valence-electron chi connectivity index (χ2n) is 14.3. The average Bonchev–Trinajstić information content (AvgIpc) is 3.61. The first-order chi connectivity index (χ1) is 28.6. The van der Waals surface area contributed by atoms with Gasteiger partial charge < -0.3 is 45.5 Å². The normalized spacial score (nSPS) is 13.3. The molecule has 1 aliphatic rings. The lowest BCUT2D eigenvalue weighted by Crippen LogP contribution is -2.51. The number of amides is 6. The van der Waals surface area contributed by atoms with Gasteiger partial charge in [0.2, 0.25) is 17.7 Å². The largest absolute Gasteiger partial charge is 0.444 e. The van der Waals surface area contributed by atoms with Gasteiger partial charge in [-0.3, -0.25) is 24.5 Å². The molecule has 0 saturated carbocycles. The Balaban J connectivity index is 1.17. The van der Waals surface area contributed by atoms with Crippen LogP contribution >= 0.6 is 0 Å². The summed E-state index contributed by atoms with van der Waals surface area (Å²) in [6.45, 7) is 9.43. The Morgan fingerprint density at radius 2 is 1.69 bits per heavy atom. The molecule has 318 valence electrons. The minimum absolute atomic E-state index is 0.0619. The van der Waals surface area contributed by atoms with Gasteiger partial charge in [-0.2, -0.15) is 0 Å². The van der Waals surface area contributed by atoms with Crippen LogP contribution in [-0.2, 0) is 48.3 Å². The zero-order valence-electron chi connectivity index (χ0n) is 33.8. The van der Waals surface area contributed by atoms with Crippen molar-refractivity contribution in [2.24, 2.45) is 11.8 Å². The molecule has 1 fully saturated rings. The Hall–Kier alpha value is -5.89. The van der Waals surface area contributed by atoms with E-state index in [4.69, 9.17) is 25.3 Å². The van der Waals surface area contributed by atoms with Gasteiger partial charge in [0.15, 0.2) is 5.82 Å². The lowest BCUT2D eigenvalue weighted by molar-refractivity contribution is -0.133. The van der Waals surface area contributed by atoms with Gasteiger partial charge in [-0.25, -0.2) is 25.5 Å². The fourth-order valence-corrected chi connectivity index (χ4v) is 6.48. The SMILES string of the molecule is CCCCc1nc2c(NC(=O)OCc3ccc(NC(=O)CNC(=O)C(NC(=O)CON)C(C)C)cc3)nc3ccccc3c2n1CCOCCNC(=O)N1CCNCC1. The highest BCUT2D eigenvalue weighted by Gasteiger charge is 2.25. The summed E-state index contributed by atoms with van der Waals surface area (Å²) in [7, 11) is 0. The van der Waals surface area contributed by atoms with E-state index in [9.17, 15) is 24.0 Å². The van der Waals surface area contributed by atoms with Crippen LogP contribution in [0.3, 0.4) is 0 Å². The Morgan fingerprint density at radius 3 is 2.42 bits per heavy atom. The van der Waals surface area contributed by atoms with Crippen LogP contribution < -0.4 is 37.8 Å². The second-order valence-corrected chi connectivity index (χ2v) is 14.3. The van der Waals surface area contributed by atoms with Crippen LogP contribution in [0.4, 0.5) is 21.1 Å². The zero-order valence-corrected chi connectivity index (χ0v) is 33.8. The molecule has 2 aromatic carbocycles. The Labute approximate surface area is 342 Å². The highest BCUT2D eigenvalue weighted by Crippen LogP contribution is 2.31. The highest BCUT2D eigenvalue weighted by molar-refractivity contribution is 6.09. The van der Waals surface area contributed by atoms with Gasteiger partial charge in [-0.15, -0.1) is 0 Å². The van der Waals surface area contributed by atoms with Gasteiger partial charge in [-0.05, 0) is 36.1 Å². The number of imidazole rings is 1. The van der Waals surface area contributed by atoms with Crippen LogP contribution in [0.25, 0.3) is 21.9 Å². The molecular weight excluding hydrogens is 763 g/mol. The number of carbonyl (C=O) groups is 5. The number of nitrogens with zero attached hydrogens (tertiary/aromatic N) is 4. The Kier molecular flexibility index (Phi) is 16.7. The minimum atomic E-state index is -0.878. The first-order valence-corrected chi connectivity index (χ1v) is 19.9. The van der Waals surface area contributed by atoms with E-state index in [0.29, 0.717) is 61.7 Å². The number of nitrogens with two attached hydrogens (primary N) is 1. The van der Waals surface area contributed by atoms with E-state index in [1.807, 2.05) is 24.3 Å². The van der Waals surface area contributed by atoms with Crippen molar-refractivity contribution in [3.05, 3.63) is 59.9 Å². The molecule has 4 aromatic rings. The molecule has 19 heteroatoms. The molecule has 5 rings (SSSR count). The molecule has 8 N–H and O–H groups in total. The molecule has 59 heavy (non-hydrogen) atoms.